The number of allylic oxidation sites excluding steroid dienone is 4. The van der Waals surface area contributed by atoms with E-state index in [1.54, 1.807) is 18.0 Å². The molecule has 5 heteroatoms. The molecule has 0 amide bonds. The molecule has 0 N–H and O–H groups in total. The monoisotopic (exact) mass is 416 g/mol. The zero-order valence-corrected chi connectivity index (χ0v) is 19.6. The third-order valence-electron chi connectivity index (χ3n) is 4.64. The topological polar surface area (TPSA) is 41.9 Å². The number of hydrogen-bond donors (Lipinski definition) is 0. The number of ether oxygens (including phenoxy) is 1. The van der Waals surface area contributed by atoms with Crippen LogP contribution >= 0.6 is 11.8 Å². The van der Waals surface area contributed by atoms with Gasteiger partial charge >= 0.3 is 0 Å². The first-order chi connectivity index (χ1) is 14.0. The Labute approximate surface area is 181 Å². The van der Waals surface area contributed by atoms with E-state index in [-0.39, 0.29) is 0 Å². The van der Waals surface area contributed by atoms with Gasteiger partial charge in [0.25, 0.3) is 0 Å². The van der Waals surface area contributed by atoms with E-state index in [0.29, 0.717) is 11.3 Å². The van der Waals surface area contributed by atoms with Crippen molar-refractivity contribution in [1.82, 2.24) is 0 Å². The molecule has 0 aliphatic rings. The number of hydrogen-bond acceptors (Lipinski definition) is 5. The molecule has 1 aromatic rings. The maximum absolute atomic E-state index is 11.6. The Hall–Kier alpha value is -2.01. The Morgan fingerprint density at radius 3 is 2.28 bits per heavy atom. The van der Waals surface area contributed by atoms with Crippen LogP contribution in [0.5, 0.6) is 5.75 Å². The van der Waals surface area contributed by atoms with Gasteiger partial charge in [-0.1, -0.05) is 32.8 Å². The van der Waals surface area contributed by atoms with Gasteiger partial charge in [-0.2, -0.15) is 0 Å². The summed E-state index contributed by atoms with van der Waals surface area (Å²) in [5, 5.41) is 0. The Balaban J connectivity index is 3.44. The van der Waals surface area contributed by atoms with E-state index < -0.39 is 0 Å². The normalized spacial score (nSPS) is 12.5. The van der Waals surface area contributed by atoms with Crippen molar-refractivity contribution >= 4 is 30.0 Å². The lowest BCUT2D eigenvalue weighted by molar-refractivity contribution is 0.112. The van der Waals surface area contributed by atoms with Crippen LogP contribution in [0.15, 0.2) is 45.6 Å². The molecule has 0 aliphatic carbocycles. The minimum atomic E-state index is 0.676. The van der Waals surface area contributed by atoms with E-state index in [0.717, 1.165) is 67.1 Å². The van der Waals surface area contributed by atoms with Gasteiger partial charge in [-0.05, 0) is 58.1 Å². The highest BCUT2D eigenvalue weighted by molar-refractivity contribution is 7.98. The van der Waals surface area contributed by atoms with Crippen LogP contribution < -0.4 is 9.64 Å². The molecule has 1 aromatic carbocycles. The van der Waals surface area contributed by atoms with Crippen LogP contribution in [-0.4, -0.2) is 31.8 Å². The molecule has 0 saturated heterocycles. The number of aliphatic imine (C=N–C) groups is 1. The number of unbranched alkanes of at least 4 members (excludes halogenated alkanes) is 2. The summed E-state index contributed by atoms with van der Waals surface area (Å²) in [6.45, 7) is 12.1. The van der Waals surface area contributed by atoms with Crippen LogP contribution in [0.4, 0.5) is 5.69 Å². The lowest BCUT2D eigenvalue weighted by atomic mass is 10.1. The fourth-order valence-corrected chi connectivity index (χ4v) is 3.32. The van der Waals surface area contributed by atoms with E-state index in [1.165, 1.54) is 0 Å². The van der Waals surface area contributed by atoms with Gasteiger partial charge in [0, 0.05) is 24.4 Å². The standard InChI is InChI=1S/C24H36N2O2S/c1-7-11-13-26(14-12-8-2)22-15-20(18-27)16-23(29-6)24(22)28-21(10-4)17-25-19(5)9-3/h9-10,15-18H,7-8,11-14H2,1-6H3/b19-9-,21-10+,25-17+. The van der Waals surface area contributed by atoms with E-state index >= 15 is 0 Å². The Morgan fingerprint density at radius 1 is 1.14 bits per heavy atom. The second-order valence-electron chi connectivity index (χ2n) is 6.86. The molecule has 0 fully saturated rings. The van der Waals surface area contributed by atoms with Crippen molar-refractivity contribution < 1.29 is 9.53 Å². The van der Waals surface area contributed by atoms with Crippen LogP contribution in [0.2, 0.25) is 0 Å². The second kappa shape index (κ2) is 14.0. The predicted octanol–water partition coefficient (Wildman–Crippen LogP) is 6.90. The average molecular weight is 417 g/mol. The molecule has 0 atom stereocenters. The molecule has 0 aromatic heterocycles. The molecule has 0 heterocycles. The number of benzene rings is 1. The van der Waals surface area contributed by atoms with Crippen molar-refractivity contribution in [1.29, 1.82) is 0 Å². The van der Waals surface area contributed by atoms with Gasteiger partial charge in [0.2, 0.25) is 0 Å². The summed E-state index contributed by atoms with van der Waals surface area (Å²) < 4.78 is 6.36. The fourth-order valence-electron chi connectivity index (χ4n) is 2.73. The van der Waals surface area contributed by atoms with Gasteiger partial charge in [0.1, 0.15) is 12.0 Å². The van der Waals surface area contributed by atoms with Gasteiger partial charge in [0.15, 0.2) is 5.75 Å². The second-order valence-corrected chi connectivity index (χ2v) is 7.71. The molecule has 0 radical (unpaired) electrons. The number of anilines is 1. The maximum atomic E-state index is 11.6. The van der Waals surface area contributed by atoms with E-state index in [4.69, 9.17) is 4.74 Å². The molecule has 160 valence electrons. The Bertz CT molecular complexity index is 731. The van der Waals surface area contributed by atoms with Crippen molar-refractivity contribution in [2.24, 2.45) is 4.99 Å². The first-order valence-corrected chi connectivity index (χ1v) is 11.7. The SMILES string of the molecule is C\C=C(C)/N=C/C(=C\C)Oc1c(SC)cc(C=O)cc1N(CCCC)CCCC. The summed E-state index contributed by atoms with van der Waals surface area (Å²) in [5.74, 6) is 1.49. The Morgan fingerprint density at radius 2 is 1.79 bits per heavy atom. The van der Waals surface area contributed by atoms with Gasteiger partial charge in [0.05, 0.1) is 16.8 Å². The summed E-state index contributed by atoms with van der Waals surface area (Å²) in [6.07, 6.45) is 13.0. The van der Waals surface area contributed by atoms with Crippen molar-refractivity contribution in [2.45, 2.75) is 65.2 Å². The quantitative estimate of drug-likeness (QED) is 0.152. The van der Waals surface area contributed by atoms with Crippen LogP contribution in [0.1, 0.15) is 70.7 Å². The van der Waals surface area contributed by atoms with Crippen molar-refractivity contribution in [3.05, 3.63) is 41.3 Å². The lowest BCUT2D eigenvalue weighted by Crippen LogP contribution is -2.26. The third-order valence-corrected chi connectivity index (χ3v) is 5.38. The molecule has 1 rings (SSSR count). The molecular formula is C24H36N2O2S. The zero-order valence-electron chi connectivity index (χ0n) is 18.8. The molecule has 0 spiro atoms. The highest BCUT2D eigenvalue weighted by Gasteiger charge is 2.18. The molecule has 29 heavy (non-hydrogen) atoms. The lowest BCUT2D eigenvalue weighted by Gasteiger charge is -2.28. The summed E-state index contributed by atoms with van der Waals surface area (Å²) in [7, 11) is 0. The van der Waals surface area contributed by atoms with Crippen LogP contribution in [0.3, 0.4) is 0 Å². The first kappa shape index (κ1) is 25.0. The smallest absolute Gasteiger partial charge is 0.164 e. The minimum absolute atomic E-state index is 0.676. The zero-order chi connectivity index (χ0) is 21.6. The van der Waals surface area contributed by atoms with Crippen molar-refractivity contribution in [3.8, 4) is 5.75 Å². The number of carbonyl (C=O) groups is 1. The van der Waals surface area contributed by atoms with Crippen LogP contribution in [-0.2, 0) is 0 Å². The largest absolute Gasteiger partial charge is 0.453 e. The van der Waals surface area contributed by atoms with E-state index in [9.17, 15) is 4.79 Å². The minimum Gasteiger partial charge on any atom is -0.453 e. The van der Waals surface area contributed by atoms with Gasteiger partial charge < -0.3 is 9.64 Å². The Kier molecular flexibility index (Phi) is 12.1. The fraction of sp³-hybridized carbons (Fsp3) is 0.500. The predicted molar refractivity (Wildman–Crippen MR) is 128 cm³/mol. The highest BCUT2D eigenvalue weighted by atomic mass is 32.2. The molecular weight excluding hydrogens is 380 g/mol. The van der Waals surface area contributed by atoms with Gasteiger partial charge in [-0.3, -0.25) is 9.79 Å². The molecule has 0 aliphatic heterocycles. The summed E-state index contributed by atoms with van der Waals surface area (Å²) >= 11 is 1.59. The van der Waals surface area contributed by atoms with Crippen LogP contribution in [0, 0.1) is 0 Å². The summed E-state index contributed by atoms with van der Waals surface area (Å²) in [6, 6.07) is 3.85. The van der Waals surface area contributed by atoms with Crippen LogP contribution in [0.25, 0.3) is 0 Å². The number of carbonyl (C=O) groups excluding carboxylic acids is 1. The summed E-state index contributed by atoms with van der Waals surface area (Å²) in [5.41, 5.74) is 2.59. The van der Waals surface area contributed by atoms with Gasteiger partial charge in [-0.25, -0.2) is 0 Å². The van der Waals surface area contributed by atoms with Gasteiger partial charge in [-0.15, -0.1) is 11.8 Å². The number of thioether (sulfide) groups is 1. The molecule has 4 nitrogen and oxygen atoms in total. The molecule has 0 saturated carbocycles. The molecule has 0 bridgehead atoms. The number of aldehydes is 1. The van der Waals surface area contributed by atoms with Crippen molar-refractivity contribution in [3.63, 3.8) is 0 Å². The first-order valence-electron chi connectivity index (χ1n) is 10.5. The number of rotatable bonds is 13. The highest BCUT2D eigenvalue weighted by Crippen LogP contribution is 2.40. The van der Waals surface area contributed by atoms with E-state index in [2.05, 4.69) is 23.7 Å². The average Bonchev–Trinajstić information content (AvgIpc) is 2.76. The number of nitrogens with zero attached hydrogens (tertiary/aromatic N) is 2. The van der Waals surface area contributed by atoms with Crippen molar-refractivity contribution in [2.75, 3.05) is 24.2 Å². The molecule has 0 unspecified atom stereocenters. The third kappa shape index (κ3) is 8.09. The van der Waals surface area contributed by atoms with E-state index in [1.807, 2.05) is 51.3 Å². The maximum Gasteiger partial charge on any atom is 0.164 e. The summed E-state index contributed by atoms with van der Waals surface area (Å²) in [4.78, 5) is 19.3.